The van der Waals surface area contributed by atoms with E-state index in [1.54, 1.807) is 12.1 Å². The van der Waals surface area contributed by atoms with Crippen molar-refractivity contribution in [2.24, 2.45) is 0 Å². The molecule has 11 heteroatoms. The van der Waals surface area contributed by atoms with Crippen LogP contribution in [0.15, 0.2) is 47.5 Å². The summed E-state index contributed by atoms with van der Waals surface area (Å²) in [6.45, 7) is 0.536. The number of nitrogens with zero attached hydrogens (tertiary/aromatic N) is 4. The fourth-order valence-corrected chi connectivity index (χ4v) is 4.39. The van der Waals surface area contributed by atoms with E-state index in [1.807, 2.05) is 0 Å². The molecule has 0 bridgehead atoms. The quantitative estimate of drug-likeness (QED) is 0.539. The third kappa shape index (κ3) is 3.80. The predicted molar refractivity (Wildman–Crippen MR) is 98.5 cm³/mol. The van der Waals surface area contributed by atoms with Crippen LogP contribution in [-0.4, -0.2) is 66.7 Å². The summed E-state index contributed by atoms with van der Waals surface area (Å²) in [5, 5.41) is 10.9. The van der Waals surface area contributed by atoms with Gasteiger partial charge in [0.2, 0.25) is 15.9 Å². The number of piperazine rings is 1. The Morgan fingerprint density at radius 2 is 1.89 bits per heavy atom. The second kappa shape index (κ2) is 7.90. The molecular weight excluding hydrogens is 388 g/mol. The lowest BCUT2D eigenvalue weighted by Crippen LogP contribution is -2.50. The van der Waals surface area contributed by atoms with Crippen molar-refractivity contribution in [2.45, 2.75) is 4.90 Å². The van der Waals surface area contributed by atoms with E-state index in [9.17, 15) is 23.3 Å². The van der Waals surface area contributed by atoms with Crippen LogP contribution in [0.1, 0.15) is 10.4 Å². The molecule has 0 aliphatic carbocycles. The van der Waals surface area contributed by atoms with E-state index < -0.39 is 14.9 Å². The van der Waals surface area contributed by atoms with Gasteiger partial charge in [0.05, 0.1) is 16.9 Å². The summed E-state index contributed by atoms with van der Waals surface area (Å²) in [4.78, 5) is 28.3. The van der Waals surface area contributed by atoms with Crippen LogP contribution in [0.4, 0.5) is 5.69 Å². The molecule has 1 aromatic heterocycles. The number of carbonyl (C=O) groups is 1. The van der Waals surface area contributed by atoms with Crippen LogP contribution < -0.4 is 4.74 Å². The molecule has 2 heterocycles. The first kappa shape index (κ1) is 19.7. The van der Waals surface area contributed by atoms with Crippen LogP contribution in [0.5, 0.6) is 5.88 Å². The largest absolute Gasteiger partial charge is 0.480 e. The number of methoxy groups -OCH3 is 1. The average molecular weight is 406 g/mol. The van der Waals surface area contributed by atoms with Gasteiger partial charge in [0.25, 0.3) is 11.6 Å². The Labute approximate surface area is 161 Å². The van der Waals surface area contributed by atoms with Gasteiger partial charge in [-0.25, -0.2) is 13.4 Å². The number of rotatable bonds is 5. The molecule has 148 valence electrons. The van der Waals surface area contributed by atoms with E-state index in [0.29, 0.717) is 5.56 Å². The highest BCUT2D eigenvalue weighted by Gasteiger charge is 2.32. The molecule has 10 nitrogen and oxygen atoms in total. The van der Waals surface area contributed by atoms with Crippen molar-refractivity contribution in [3.05, 3.63) is 58.3 Å². The lowest BCUT2D eigenvalue weighted by atomic mass is 10.2. The van der Waals surface area contributed by atoms with Gasteiger partial charge in [-0.05, 0) is 18.2 Å². The van der Waals surface area contributed by atoms with Gasteiger partial charge in [-0.15, -0.1) is 0 Å². The molecule has 0 radical (unpaired) electrons. The average Bonchev–Trinajstić information content (AvgIpc) is 2.73. The first-order valence-corrected chi connectivity index (χ1v) is 9.81. The van der Waals surface area contributed by atoms with E-state index in [0.717, 1.165) is 6.07 Å². The van der Waals surface area contributed by atoms with E-state index in [4.69, 9.17) is 4.74 Å². The summed E-state index contributed by atoms with van der Waals surface area (Å²) in [6, 6.07) is 8.14. The minimum Gasteiger partial charge on any atom is -0.480 e. The highest BCUT2D eigenvalue weighted by molar-refractivity contribution is 7.89. The number of pyridine rings is 1. The molecule has 0 spiro atoms. The molecule has 2 aromatic rings. The molecule has 1 amide bonds. The zero-order valence-electron chi connectivity index (χ0n) is 15.0. The number of non-ortho nitro benzene ring substituents is 1. The molecule has 1 saturated heterocycles. The second-order valence-corrected chi connectivity index (χ2v) is 7.95. The Balaban J connectivity index is 1.73. The van der Waals surface area contributed by atoms with Crippen molar-refractivity contribution in [3.8, 4) is 5.88 Å². The van der Waals surface area contributed by atoms with Gasteiger partial charge in [0.15, 0.2) is 0 Å². The molecule has 0 saturated carbocycles. The third-order valence-corrected chi connectivity index (χ3v) is 6.28. The summed E-state index contributed by atoms with van der Waals surface area (Å²) in [5.74, 6) is -0.0866. The SMILES string of the molecule is COc1ncccc1C(=O)N1CCN(S(=O)(=O)c2cccc([N+](=O)[O-])c2)CC1. The summed E-state index contributed by atoms with van der Waals surface area (Å²) >= 11 is 0. The molecule has 1 aromatic carbocycles. The monoisotopic (exact) mass is 406 g/mol. The third-order valence-electron chi connectivity index (χ3n) is 4.39. The molecule has 3 rings (SSSR count). The molecule has 0 atom stereocenters. The summed E-state index contributed by atoms with van der Waals surface area (Å²) in [6.07, 6.45) is 1.51. The van der Waals surface area contributed by atoms with Gasteiger partial charge in [-0.2, -0.15) is 4.31 Å². The van der Waals surface area contributed by atoms with Gasteiger partial charge < -0.3 is 9.64 Å². The van der Waals surface area contributed by atoms with E-state index in [1.165, 1.54) is 40.7 Å². The number of aromatic nitrogens is 1. The van der Waals surface area contributed by atoms with Gasteiger partial charge in [-0.3, -0.25) is 14.9 Å². The fourth-order valence-electron chi connectivity index (χ4n) is 2.92. The number of benzene rings is 1. The maximum atomic E-state index is 12.8. The van der Waals surface area contributed by atoms with Gasteiger partial charge >= 0.3 is 0 Å². The highest BCUT2D eigenvalue weighted by atomic mass is 32.2. The maximum absolute atomic E-state index is 12.8. The first-order chi connectivity index (χ1) is 13.3. The Morgan fingerprint density at radius 3 is 2.54 bits per heavy atom. The van der Waals surface area contributed by atoms with E-state index >= 15 is 0 Å². The van der Waals surface area contributed by atoms with Gasteiger partial charge in [0.1, 0.15) is 5.56 Å². The van der Waals surface area contributed by atoms with Crippen molar-refractivity contribution >= 4 is 21.6 Å². The molecular formula is C17H18N4O6S. The van der Waals surface area contributed by atoms with Crippen LogP contribution in [0.25, 0.3) is 0 Å². The Bertz CT molecular complexity index is 1000. The number of sulfonamides is 1. The zero-order valence-corrected chi connectivity index (χ0v) is 15.8. The van der Waals surface area contributed by atoms with Crippen molar-refractivity contribution in [1.29, 1.82) is 0 Å². The molecule has 1 fully saturated rings. The topological polar surface area (TPSA) is 123 Å². The first-order valence-electron chi connectivity index (χ1n) is 8.37. The molecule has 28 heavy (non-hydrogen) atoms. The van der Waals surface area contributed by atoms with Crippen LogP contribution >= 0.6 is 0 Å². The Kier molecular flexibility index (Phi) is 5.56. The highest BCUT2D eigenvalue weighted by Crippen LogP contribution is 2.23. The van der Waals surface area contributed by atoms with Crippen LogP contribution in [-0.2, 0) is 10.0 Å². The number of carbonyl (C=O) groups excluding carboxylic acids is 1. The number of ether oxygens (including phenoxy) is 1. The number of hydrogen-bond donors (Lipinski definition) is 0. The summed E-state index contributed by atoms with van der Waals surface area (Å²) in [5.41, 5.74) is 0.0125. The zero-order chi connectivity index (χ0) is 20.3. The predicted octanol–water partition coefficient (Wildman–Crippen LogP) is 1.15. The Hall–Kier alpha value is -3.05. The van der Waals surface area contributed by atoms with Crippen molar-refractivity contribution < 1.29 is 22.9 Å². The number of amides is 1. The normalized spacial score (nSPS) is 15.2. The lowest BCUT2D eigenvalue weighted by molar-refractivity contribution is -0.385. The van der Waals surface area contributed by atoms with E-state index in [2.05, 4.69) is 4.98 Å². The van der Waals surface area contributed by atoms with Crippen molar-refractivity contribution in [2.75, 3.05) is 33.3 Å². The van der Waals surface area contributed by atoms with Gasteiger partial charge in [0, 0.05) is 44.5 Å². The molecule has 1 aliphatic heterocycles. The maximum Gasteiger partial charge on any atom is 0.270 e. The summed E-state index contributed by atoms with van der Waals surface area (Å²) < 4.78 is 31.9. The number of nitro groups is 1. The fraction of sp³-hybridized carbons (Fsp3) is 0.294. The number of hydrogen-bond acceptors (Lipinski definition) is 7. The molecule has 0 N–H and O–H groups in total. The van der Waals surface area contributed by atoms with Gasteiger partial charge in [-0.1, -0.05) is 6.07 Å². The minimum atomic E-state index is -3.89. The van der Waals surface area contributed by atoms with Crippen LogP contribution in [0.2, 0.25) is 0 Å². The van der Waals surface area contributed by atoms with Crippen molar-refractivity contribution in [3.63, 3.8) is 0 Å². The standard InChI is InChI=1S/C17H18N4O6S/c1-27-16-15(6-3-7-18-16)17(22)19-8-10-20(11-9-19)28(25,26)14-5-2-4-13(12-14)21(23)24/h2-7,12H,8-11H2,1H3. The smallest absolute Gasteiger partial charge is 0.270 e. The molecule has 0 unspecified atom stereocenters. The van der Waals surface area contributed by atoms with Crippen molar-refractivity contribution in [1.82, 2.24) is 14.2 Å². The second-order valence-electron chi connectivity index (χ2n) is 6.01. The van der Waals surface area contributed by atoms with Crippen LogP contribution in [0, 0.1) is 10.1 Å². The van der Waals surface area contributed by atoms with E-state index in [-0.39, 0.29) is 48.5 Å². The lowest BCUT2D eigenvalue weighted by Gasteiger charge is -2.34. The van der Waals surface area contributed by atoms with Crippen LogP contribution in [0.3, 0.4) is 0 Å². The summed E-state index contributed by atoms with van der Waals surface area (Å²) in [7, 11) is -2.47. The Morgan fingerprint density at radius 1 is 1.18 bits per heavy atom. The number of nitro benzene ring substituents is 1. The minimum absolute atomic E-state index is 0.0827. The molecule has 1 aliphatic rings.